The van der Waals surface area contributed by atoms with Crippen LogP contribution in [-0.4, -0.2) is 30.3 Å². The summed E-state index contributed by atoms with van der Waals surface area (Å²) in [7, 11) is 1.97. The Morgan fingerprint density at radius 2 is 2.00 bits per heavy atom. The van der Waals surface area contributed by atoms with E-state index in [1.165, 1.54) is 5.56 Å². The van der Waals surface area contributed by atoms with E-state index < -0.39 is 0 Å². The van der Waals surface area contributed by atoms with Crippen LogP contribution in [0.4, 0.5) is 0 Å². The highest BCUT2D eigenvalue weighted by Crippen LogP contribution is 2.04. The van der Waals surface area contributed by atoms with Gasteiger partial charge in [0.2, 0.25) is 0 Å². The third-order valence-electron chi connectivity index (χ3n) is 2.30. The molecule has 0 aliphatic heterocycles. The van der Waals surface area contributed by atoms with Crippen molar-refractivity contribution in [3.63, 3.8) is 0 Å². The summed E-state index contributed by atoms with van der Waals surface area (Å²) in [5, 5.41) is 14.6. The van der Waals surface area contributed by atoms with Crippen molar-refractivity contribution in [2.45, 2.75) is 26.8 Å². The van der Waals surface area contributed by atoms with Crippen LogP contribution in [0.25, 0.3) is 0 Å². The van der Waals surface area contributed by atoms with Gasteiger partial charge in [0.05, 0.1) is 11.4 Å². The highest BCUT2D eigenvalue weighted by atomic mass is 15.1. The monoisotopic (exact) mass is 208 g/mol. The van der Waals surface area contributed by atoms with Gasteiger partial charge in [-0.15, -0.1) is 0 Å². The van der Waals surface area contributed by atoms with E-state index >= 15 is 0 Å². The molecule has 4 heteroatoms. The minimum atomic E-state index is 0.881. The summed E-state index contributed by atoms with van der Waals surface area (Å²) in [5.41, 5.74) is 3.24. The van der Waals surface area contributed by atoms with Gasteiger partial charge >= 0.3 is 0 Å². The van der Waals surface area contributed by atoms with E-state index in [1.807, 2.05) is 20.9 Å². The van der Waals surface area contributed by atoms with E-state index in [0.717, 1.165) is 37.4 Å². The molecule has 0 spiro atoms. The largest absolute Gasteiger partial charge is 0.320 e. The summed E-state index contributed by atoms with van der Waals surface area (Å²) < 4.78 is 0. The van der Waals surface area contributed by atoms with Crippen molar-refractivity contribution in [2.24, 2.45) is 0 Å². The normalized spacial score (nSPS) is 10.6. The van der Waals surface area contributed by atoms with E-state index in [9.17, 15) is 0 Å². The third kappa shape index (κ3) is 4.36. The van der Waals surface area contributed by atoms with Crippen LogP contribution in [0.2, 0.25) is 0 Å². The van der Waals surface area contributed by atoms with Crippen molar-refractivity contribution < 1.29 is 0 Å². The van der Waals surface area contributed by atoms with Gasteiger partial charge in [-0.05, 0) is 52.0 Å². The lowest BCUT2D eigenvalue weighted by Gasteiger charge is -2.07. The number of nitrogens with zero attached hydrogens (tertiary/aromatic N) is 2. The Morgan fingerprint density at radius 1 is 1.20 bits per heavy atom. The second-order valence-electron chi connectivity index (χ2n) is 3.73. The van der Waals surface area contributed by atoms with E-state index in [4.69, 9.17) is 0 Å². The number of aromatic nitrogens is 2. The first-order chi connectivity index (χ1) is 7.24. The van der Waals surface area contributed by atoms with Crippen molar-refractivity contribution in [3.05, 3.63) is 23.0 Å². The highest BCUT2D eigenvalue weighted by Gasteiger charge is 2.00. The van der Waals surface area contributed by atoms with Gasteiger partial charge in [0.1, 0.15) is 0 Å². The van der Waals surface area contributed by atoms with Crippen LogP contribution in [0.1, 0.15) is 23.4 Å². The van der Waals surface area contributed by atoms with E-state index in [-0.39, 0.29) is 0 Å². The number of nitrogens with one attached hydrogen (secondary N) is 2. The molecule has 0 saturated heterocycles. The smallest absolute Gasteiger partial charge is 0.0645 e. The SMILES string of the molecule is CNCCCNCc1cc(C)nnc1C. The second kappa shape index (κ2) is 6.48. The molecule has 1 rings (SSSR count). The van der Waals surface area contributed by atoms with Crippen LogP contribution in [0, 0.1) is 13.8 Å². The fourth-order valence-electron chi connectivity index (χ4n) is 1.40. The molecule has 1 heterocycles. The van der Waals surface area contributed by atoms with Crippen molar-refractivity contribution in [2.75, 3.05) is 20.1 Å². The summed E-state index contributed by atoms with van der Waals surface area (Å²) in [6, 6.07) is 2.09. The molecule has 15 heavy (non-hydrogen) atoms. The van der Waals surface area contributed by atoms with Gasteiger partial charge in [-0.25, -0.2) is 0 Å². The van der Waals surface area contributed by atoms with Crippen LogP contribution in [0.5, 0.6) is 0 Å². The van der Waals surface area contributed by atoms with Crippen LogP contribution in [-0.2, 0) is 6.54 Å². The average Bonchev–Trinajstić information content (AvgIpc) is 2.23. The maximum absolute atomic E-state index is 4.09. The Labute approximate surface area is 91.5 Å². The molecular weight excluding hydrogens is 188 g/mol. The first-order valence-electron chi connectivity index (χ1n) is 5.39. The molecule has 0 fully saturated rings. The van der Waals surface area contributed by atoms with Crippen LogP contribution in [0.15, 0.2) is 6.07 Å². The maximum Gasteiger partial charge on any atom is 0.0645 e. The molecule has 0 amide bonds. The highest BCUT2D eigenvalue weighted by molar-refractivity contribution is 5.19. The van der Waals surface area contributed by atoms with Crippen molar-refractivity contribution >= 4 is 0 Å². The summed E-state index contributed by atoms with van der Waals surface area (Å²) >= 11 is 0. The molecule has 0 radical (unpaired) electrons. The molecule has 4 nitrogen and oxygen atoms in total. The Balaban J connectivity index is 2.33. The number of aryl methyl sites for hydroxylation is 2. The lowest BCUT2D eigenvalue weighted by molar-refractivity contribution is 0.621. The van der Waals surface area contributed by atoms with Gasteiger partial charge in [0, 0.05) is 6.54 Å². The van der Waals surface area contributed by atoms with Gasteiger partial charge in [-0.3, -0.25) is 0 Å². The van der Waals surface area contributed by atoms with Crippen molar-refractivity contribution in [1.29, 1.82) is 0 Å². The Hall–Kier alpha value is -1.00. The van der Waals surface area contributed by atoms with E-state index in [0.29, 0.717) is 0 Å². The Kier molecular flexibility index (Phi) is 5.21. The van der Waals surface area contributed by atoms with Gasteiger partial charge in [0.15, 0.2) is 0 Å². The molecule has 0 saturated carbocycles. The zero-order valence-electron chi connectivity index (χ0n) is 9.80. The van der Waals surface area contributed by atoms with Gasteiger partial charge in [0.25, 0.3) is 0 Å². The Bertz CT molecular complexity index is 299. The molecule has 0 aliphatic carbocycles. The second-order valence-corrected chi connectivity index (χ2v) is 3.73. The molecule has 1 aromatic heterocycles. The molecule has 1 aromatic rings. The summed E-state index contributed by atoms with van der Waals surface area (Å²) in [5.74, 6) is 0. The molecule has 84 valence electrons. The predicted octanol–water partition coefficient (Wildman–Crippen LogP) is 0.793. The predicted molar refractivity (Wildman–Crippen MR) is 61.8 cm³/mol. The number of rotatable bonds is 6. The summed E-state index contributed by atoms with van der Waals surface area (Å²) in [4.78, 5) is 0. The van der Waals surface area contributed by atoms with Gasteiger partial charge in [-0.2, -0.15) is 10.2 Å². The molecule has 0 aromatic carbocycles. The maximum atomic E-state index is 4.09. The zero-order chi connectivity index (χ0) is 11.1. The van der Waals surface area contributed by atoms with Crippen molar-refractivity contribution in [3.8, 4) is 0 Å². The molecule has 2 N–H and O–H groups in total. The standard InChI is InChI=1S/C11H20N4/c1-9-7-11(10(2)15-14-9)8-13-6-4-5-12-3/h7,12-13H,4-6,8H2,1-3H3. The summed E-state index contributed by atoms with van der Waals surface area (Å²) in [6.07, 6.45) is 1.15. The lowest BCUT2D eigenvalue weighted by atomic mass is 10.2. The number of hydrogen-bond donors (Lipinski definition) is 2. The number of hydrogen-bond acceptors (Lipinski definition) is 4. The fourth-order valence-corrected chi connectivity index (χ4v) is 1.40. The Morgan fingerprint density at radius 3 is 2.73 bits per heavy atom. The van der Waals surface area contributed by atoms with Crippen LogP contribution < -0.4 is 10.6 Å². The summed E-state index contributed by atoms with van der Waals surface area (Å²) in [6.45, 7) is 6.93. The first-order valence-corrected chi connectivity index (χ1v) is 5.39. The quantitative estimate of drug-likeness (QED) is 0.679. The lowest BCUT2D eigenvalue weighted by Crippen LogP contribution is -2.20. The zero-order valence-corrected chi connectivity index (χ0v) is 9.80. The molecular formula is C11H20N4. The van der Waals surface area contributed by atoms with Crippen LogP contribution >= 0.6 is 0 Å². The molecule has 0 unspecified atom stereocenters. The van der Waals surface area contributed by atoms with Gasteiger partial charge in [-0.1, -0.05) is 0 Å². The van der Waals surface area contributed by atoms with E-state index in [1.54, 1.807) is 0 Å². The molecule has 0 bridgehead atoms. The topological polar surface area (TPSA) is 49.8 Å². The first kappa shape index (κ1) is 12.1. The average molecular weight is 208 g/mol. The fraction of sp³-hybridized carbons (Fsp3) is 0.636. The minimum Gasteiger partial charge on any atom is -0.320 e. The third-order valence-corrected chi connectivity index (χ3v) is 2.30. The van der Waals surface area contributed by atoms with Crippen LogP contribution in [0.3, 0.4) is 0 Å². The van der Waals surface area contributed by atoms with Crippen molar-refractivity contribution in [1.82, 2.24) is 20.8 Å². The molecule has 0 aliphatic rings. The molecule has 0 atom stereocenters. The minimum absolute atomic E-state index is 0.881. The van der Waals surface area contributed by atoms with Gasteiger partial charge < -0.3 is 10.6 Å². The van der Waals surface area contributed by atoms with E-state index in [2.05, 4.69) is 26.9 Å².